The molecule has 0 saturated heterocycles. The summed E-state index contributed by atoms with van der Waals surface area (Å²) in [7, 11) is -4.21. The topological polar surface area (TPSA) is 54.4 Å². The van der Waals surface area contributed by atoms with Crippen molar-refractivity contribution >= 4 is 10.1 Å². The van der Waals surface area contributed by atoms with Crippen LogP contribution in [0, 0.1) is 0 Å². The molecule has 1 N–H and O–H groups in total. The smallest absolute Gasteiger partial charge is 1.00 e. The Hall–Kier alpha value is 0.130. The molecule has 3 fully saturated rings. The van der Waals surface area contributed by atoms with Crippen LogP contribution < -0.4 is 29.6 Å². The van der Waals surface area contributed by atoms with Crippen LogP contribution >= 0.6 is 0 Å². The van der Waals surface area contributed by atoms with Crippen LogP contribution in [-0.4, -0.2) is 13.0 Å². The van der Waals surface area contributed by atoms with Gasteiger partial charge in [-0.05, 0) is 73.0 Å². The Morgan fingerprint density at radius 2 is 1.00 bits per heavy atom. The first kappa shape index (κ1) is 23.8. The quantitative estimate of drug-likeness (QED) is 0.578. The fourth-order valence-corrected chi connectivity index (χ4v) is 7.15. The van der Waals surface area contributed by atoms with Gasteiger partial charge in [0.05, 0.1) is 0 Å². The average molecular weight is 429 g/mol. The molecule has 5 heteroatoms. The SMILES string of the molecule is O=S(=O)(O)c1c(C2CCCCC2)cc(C2CCCCC2)cc1C1CCCCC1.[H-].[Na+]. The van der Waals surface area contributed by atoms with Crippen LogP contribution in [-0.2, 0) is 10.1 Å². The first-order valence-electron chi connectivity index (χ1n) is 11.7. The second-order valence-corrected chi connectivity index (χ2v) is 10.9. The van der Waals surface area contributed by atoms with E-state index < -0.39 is 10.1 Å². The zero-order chi connectivity index (χ0) is 19.6. The standard InChI is InChI=1S/C24H36O3S.Na.H/c25-28(26,27)24-22(19-12-6-2-7-13-19)16-21(18-10-4-1-5-11-18)17-23(24)20-14-8-3-9-15-20;;/h16-20H,1-15H2,(H,25,26,27);;/q;+1;-1. The van der Waals surface area contributed by atoms with Crippen molar-refractivity contribution in [2.75, 3.05) is 0 Å². The van der Waals surface area contributed by atoms with E-state index in [1.54, 1.807) is 0 Å². The van der Waals surface area contributed by atoms with Crippen molar-refractivity contribution in [2.45, 2.75) is 119 Å². The van der Waals surface area contributed by atoms with Gasteiger partial charge in [0.1, 0.15) is 4.90 Å². The van der Waals surface area contributed by atoms with Crippen molar-refractivity contribution in [1.82, 2.24) is 0 Å². The summed E-state index contributed by atoms with van der Waals surface area (Å²) in [5.74, 6) is 1.14. The van der Waals surface area contributed by atoms with E-state index in [-0.39, 0.29) is 42.8 Å². The Labute approximate surface area is 201 Å². The molecule has 0 atom stereocenters. The van der Waals surface area contributed by atoms with Crippen molar-refractivity contribution in [3.05, 3.63) is 28.8 Å². The molecule has 0 amide bonds. The second kappa shape index (κ2) is 10.6. The molecular weight excluding hydrogens is 391 g/mol. The van der Waals surface area contributed by atoms with Crippen molar-refractivity contribution in [3.63, 3.8) is 0 Å². The molecule has 3 saturated carbocycles. The van der Waals surface area contributed by atoms with E-state index in [1.807, 2.05) is 0 Å². The van der Waals surface area contributed by atoms with Gasteiger partial charge >= 0.3 is 29.6 Å². The van der Waals surface area contributed by atoms with Gasteiger partial charge in [-0.2, -0.15) is 8.42 Å². The Bertz CT molecular complexity index is 739. The molecular formula is C24H37NaO3S. The van der Waals surface area contributed by atoms with E-state index in [4.69, 9.17) is 0 Å². The molecule has 0 bridgehead atoms. The molecule has 1 aromatic carbocycles. The van der Waals surface area contributed by atoms with Crippen molar-refractivity contribution in [2.24, 2.45) is 0 Å². The maximum absolute atomic E-state index is 12.6. The predicted molar refractivity (Wildman–Crippen MR) is 115 cm³/mol. The third kappa shape index (κ3) is 5.68. The van der Waals surface area contributed by atoms with E-state index >= 15 is 0 Å². The minimum Gasteiger partial charge on any atom is -1.00 e. The van der Waals surface area contributed by atoms with Crippen LogP contribution in [0.15, 0.2) is 17.0 Å². The van der Waals surface area contributed by atoms with E-state index in [1.165, 1.54) is 76.2 Å². The third-order valence-corrected chi connectivity index (χ3v) is 8.58. The molecule has 0 spiro atoms. The first-order valence-corrected chi connectivity index (χ1v) is 13.1. The molecule has 0 radical (unpaired) electrons. The van der Waals surface area contributed by atoms with Crippen molar-refractivity contribution < 1.29 is 44.0 Å². The normalized spacial score (nSPS) is 22.9. The Morgan fingerprint density at radius 1 is 0.655 bits per heavy atom. The van der Waals surface area contributed by atoms with Crippen LogP contribution in [0.4, 0.5) is 0 Å². The molecule has 1 aromatic rings. The van der Waals surface area contributed by atoms with Crippen LogP contribution in [0.5, 0.6) is 0 Å². The summed E-state index contributed by atoms with van der Waals surface area (Å²) in [6.07, 6.45) is 17.7. The summed E-state index contributed by atoms with van der Waals surface area (Å²) in [5, 5.41) is 0. The Balaban J connectivity index is 0.00000160. The van der Waals surface area contributed by atoms with Gasteiger partial charge in [-0.25, -0.2) is 0 Å². The zero-order valence-electron chi connectivity index (χ0n) is 19.2. The summed E-state index contributed by atoms with van der Waals surface area (Å²) in [6.45, 7) is 0. The Kier molecular flexibility index (Phi) is 8.72. The Morgan fingerprint density at radius 3 is 1.34 bits per heavy atom. The summed E-state index contributed by atoms with van der Waals surface area (Å²) in [5.41, 5.74) is 3.25. The molecule has 29 heavy (non-hydrogen) atoms. The minimum atomic E-state index is -4.21. The molecule has 3 aliphatic rings. The van der Waals surface area contributed by atoms with Gasteiger partial charge in [0.2, 0.25) is 0 Å². The van der Waals surface area contributed by atoms with Crippen LogP contribution in [0.25, 0.3) is 0 Å². The molecule has 0 aromatic heterocycles. The summed E-state index contributed by atoms with van der Waals surface area (Å²) >= 11 is 0. The van der Waals surface area contributed by atoms with Gasteiger partial charge in [0.25, 0.3) is 10.1 Å². The number of rotatable bonds is 4. The number of hydrogen-bond acceptors (Lipinski definition) is 2. The third-order valence-electron chi connectivity index (χ3n) is 7.59. The number of hydrogen-bond donors (Lipinski definition) is 1. The first-order chi connectivity index (χ1) is 13.5. The second-order valence-electron chi connectivity index (χ2n) is 9.51. The van der Waals surface area contributed by atoms with Gasteiger partial charge in [-0.15, -0.1) is 0 Å². The molecule has 4 rings (SSSR count). The van der Waals surface area contributed by atoms with E-state index in [0.717, 1.165) is 36.8 Å². The van der Waals surface area contributed by atoms with Gasteiger partial charge in [-0.1, -0.05) is 69.9 Å². The molecule has 3 aliphatic carbocycles. The largest absolute Gasteiger partial charge is 1.00 e. The summed E-state index contributed by atoms with van der Waals surface area (Å²) in [4.78, 5) is 0.297. The van der Waals surface area contributed by atoms with Crippen molar-refractivity contribution in [1.29, 1.82) is 0 Å². The monoisotopic (exact) mass is 428 g/mol. The average Bonchev–Trinajstić information content (AvgIpc) is 2.74. The van der Waals surface area contributed by atoms with Gasteiger partial charge in [0.15, 0.2) is 0 Å². The molecule has 0 heterocycles. The maximum atomic E-state index is 12.6. The molecule has 3 nitrogen and oxygen atoms in total. The number of benzene rings is 1. The van der Waals surface area contributed by atoms with E-state index in [9.17, 15) is 13.0 Å². The van der Waals surface area contributed by atoms with Crippen LogP contribution in [0.1, 0.15) is 132 Å². The maximum Gasteiger partial charge on any atom is 1.00 e. The van der Waals surface area contributed by atoms with Gasteiger partial charge in [0, 0.05) is 0 Å². The summed E-state index contributed by atoms with van der Waals surface area (Å²) < 4.78 is 35.5. The van der Waals surface area contributed by atoms with Crippen molar-refractivity contribution in [3.8, 4) is 0 Å². The fraction of sp³-hybridized carbons (Fsp3) is 0.750. The van der Waals surface area contributed by atoms with E-state index in [0.29, 0.717) is 10.8 Å². The summed E-state index contributed by atoms with van der Waals surface area (Å²) in [6, 6.07) is 4.39. The molecule has 158 valence electrons. The van der Waals surface area contributed by atoms with Gasteiger partial charge < -0.3 is 1.43 Å². The van der Waals surface area contributed by atoms with Crippen LogP contribution in [0.2, 0.25) is 0 Å². The minimum absolute atomic E-state index is 0. The van der Waals surface area contributed by atoms with E-state index in [2.05, 4.69) is 12.1 Å². The molecule has 0 unspecified atom stereocenters. The fourth-order valence-electron chi connectivity index (χ4n) is 6.10. The predicted octanol–water partition coefficient (Wildman–Crippen LogP) is 4.19. The zero-order valence-corrected chi connectivity index (χ0v) is 21.0. The van der Waals surface area contributed by atoms with Gasteiger partial charge in [-0.3, -0.25) is 4.55 Å². The van der Waals surface area contributed by atoms with Crippen LogP contribution in [0.3, 0.4) is 0 Å². The molecule has 0 aliphatic heterocycles.